The van der Waals surface area contributed by atoms with Crippen molar-refractivity contribution in [3.05, 3.63) is 35.9 Å². The van der Waals surface area contributed by atoms with Crippen LogP contribution in [-0.4, -0.2) is 30.1 Å². The summed E-state index contributed by atoms with van der Waals surface area (Å²) < 4.78 is 5.35. The van der Waals surface area contributed by atoms with Crippen LogP contribution in [0.3, 0.4) is 0 Å². The number of ether oxygens (including phenoxy) is 1. The molecule has 110 valence electrons. The van der Waals surface area contributed by atoms with Crippen molar-refractivity contribution < 1.29 is 9.53 Å². The minimum atomic E-state index is -0.254. The number of rotatable bonds is 4. The number of likely N-dealkylation sites (tertiary alicyclic amines) is 1. The largest absolute Gasteiger partial charge is 0.445 e. The Balaban J connectivity index is 1.82. The van der Waals surface area contributed by atoms with Crippen molar-refractivity contribution in [2.75, 3.05) is 13.1 Å². The second-order valence-corrected chi connectivity index (χ2v) is 6.00. The summed E-state index contributed by atoms with van der Waals surface area (Å²) in [6.07, 6.45) is 0.805. The normalized spacial score (nSPS) is 22.3. The zero-order chi connectivity index (χ0) is 14.5. The van der Waals surface area contributed by atoms with Gasteiger partial charge in [0.2, 0.25) is 0 Å². The minimum absolute atomic E-state index is 0.0710. The standard InChI is InChI=1S/C16H24N2O2/c1-12(2)8-14-9-18(10-15(14)17)16(19)20-11-13-6-4-3-5-7-13/h3-7,12,14-15H,8-11,17H2,1-2H3. The number of carbonyl (C=O) groups is 1. The van der Waals surface area contributed by atoms with Crippen molar-refractivity contribution in [3.63, 3.8) is 0 Å². The van der Waals surface area contributed by atoms with Crippen LogP contribution in [0, 0.1) is 11.8 Å². The van der Waals surface area contributed by atoms with Crippen molar-refractivity contribution in [3.8, 4) is 0 Å². The summed E-state index contributed by atoms with van der Waals surface area (Å²) in [7, 11) is 0. The molecule has 1 aliphatic rings. The monoisotopic (exact) mass is 276 g/mol. The molecule has 20 heavy (non-hydrogen) atoms. The lowest BCUT2D eigenvalue weighted by Gasteiger charge is -2.17. The fourth-order valence-corrected chi connectivity index (χ4v) is 2.71. The van der Waals surface area contributed by atoms with Crippen LogP contribution in [0.4, 0.5) is 4.79 Å². The topological polar surface area (TPSA) is 55.6 Å². The van der Waals surface area contributed by atoms with Crippen molar-refractivity contribution >= 4 is 6.09 Å². The Hall–Kier alpha value is -1.55. The molecule has 0 bridgehead atoms. The number of nitrogens with two attached hydrogens (primary N) is 1. The fraction of sp³-hybridized carbons (Fsp3) is 0.562. The molecule has 1 aromatic carbocycles. The molecule has 2 rings (SSSR count). The van der Waals surface area contributed by atoms with Gasteiger partial charge in [0.1, 0.15) is 6.61 Å². The van der Waals surface area contributed by atoms with Crippen LogP contribution in [-0.2, 0) is 11.3 Å². The molecule has 0 radical (unpaired) electrons. The molecule has 1 amide bonds. The maximum absolute atomic E-state index is 12.0. The summed E-state index contributed by atoms with van der Waals surface area (Å²) in [5.41, 5.74) is 7.12. The highest BCUT2D eigenvalue weighted by atomic mass is 16.6. The van der Waals surface area contributed by atoms with Gasteiger partial charge in [0.05, 0.1) is 0 Å². The lowest BCUT2D eigenvalue weighted by atomic mass is 9.94. The Morgan fingerprint density at radius 3 is 2.70 bits per heavy atom. The third-order valence-electron chi connectivity index (χ3n) is 3.73. The van der Waals surface area contributed by atoms with Gasteiger partial charge in [0.15, 0.2) is 0 Å². The first-order chi connectivity index (χ1) is 9.56. The molecule has 4 heteroatoms. The zero-order valence-corrected chi connectivity index (χ0v) is 12.3. The van der Waals surface area contributed by atoms with E-state index in [2.05, 4.69) is 13.8 Å². The third kappa shape index (κ3) is 3.97. The van der Waals surface area contributed by atoms with Gasteiger partial charge in [0.25, 0.3) is 0 Å². The zero-order valence-electron chi connectivity index (χ0n) is 12.3. The summed E-state index contributed by atoms with van der Waals surface area (Å²) in [5.74, 6) is 0.991. The van der Waals surface area contributed by atoms with Crippen LogP contribution < -0.4 is 5.73 Å². The third-order valence-corrected chi connectivity index (χ3v) is 3.73. The van der Waals surface area contributed by atoms with Crippen molar-refractivity contribution in [2.45, 2.75) is 32.9 Å². The van der Waals surface area contributed by atoms with Crippen LogP contribution in [0.15, 0.2) is 30.3 Å². The van der Waals surface area contributed by atoms with E-state index in [0.29, 0.717) is 31.5 Å². The predicted octanol–water partition coefficient (Wildman–Crippen LogP) is 2.63. The van der Waals surface area contributed by atoms with Crippen LogP contribution in [0.25, 0.3) is 0 Å². The number of hydrogen-bond acceptors (Lipinski definition) is 3. The molecule has 2 N–H and O–H groups in total. The summed E-state index contributed by atoms with van der Waals surface area (Å²) in [4.78, 5) is 13.8. The summed E-state index contributed by atoms with van der Waals surface area (Å²) in [6, 6.07) is 9.79. The molecule has 1 heterocycles. The first kappa shape index (κ1) is 14.9. The van der Waals surface area contributed by atoms with Crippen molar-refractivity contribution in [2.24, 2.45) is 17.6 Å². The lowest BCUT2D eigenvalue weighted by molar-refractivity contribution is 0.102. The fourth-order valence-electron chi connectivity index (χ4n) is 2.71. The number of amides is 1. The SMILES string of the molecule is CC(C)CC1CN(C(=O)OCc2ccccc2)CC1N. The van der Waals surface area contributed by atoms with Gasteiger partial charge in [-0.3, -0.25) is 0 Å². The van der Waals surface area contributed by atoms with Gasteiger partial charge in [-0.15, -0.1) is 0 Å². The maximum atomic E-state index is 12.0. The molecule has 4 nitrogen and oxygen atoms in total. The van der Waals surface area contributed by atoms with Crippen LogP contribution >= 0.6 is 0 Å². The summed E-state index contributed by atoms with van der Waals surface area (Å²) >= 11 is 0. The van der Waals surface area contributed by atoms with E-state index in [0.717, 1.165) is 12.0 Å². The van der Waals surface area contributed by atoms with E-state index in [1.54, 1.807) is 4.90 Å². The first-order valence-electron chi connectivity index (χ1n) is 7.27. The van der Waals surface area contributed by atoms with E-state index >= 15 is 0 Å². The maximum Gasteiger partial charge on any atom is 0.410 e. The molecule has 1 aromatic rings. The summed E-state index contributed by atoms with van der Waals surface area (Å²) in [5, 5.41) is 0. The summed E-state index contributed by atoms with van der Waals surface area (Å²) in [6.45, 7) is 6.00. The van der Waals surface area contributed by atoms with Gasteiger partial charge in [-0.25, -0.2) is 4.79 Å². The van der Waals surface area contributed by atoms with Gasteiger partial charge >= 0.3 is 6.09 Å². The lowest BCUT2D eigenvalue weighted by Crippen LogP contribution is -2.32. The minimum Gasteiger partial charge on any atom is -0.445 e. The van der Waals surface area contributed by atoms with E-state index < -0.39 is 0 Å². The molecular weight excluding hydrogens is 252 g/mol. The van der Waals surface area contributed by atoms with Crippen LogP contribution in [0.2, 0.25) is 0 Å². The Bertz CT molecular complexity index is 433. The van der Waals surface area contributed by atoms with E-state index in [1.807, 2.05) is 30.3 Å². The molecule has 1 aliphatic heterocycles. The quantitative estimate of drug-likeness (QED) is 0.919. The van der Waals surface area contributed by atoms with E-state index in [9.17, 15) is 4.79 Å². The van der Waals surface area contributed by atoms with Gasteiger partial charge in [-0.05, 0) is 23.8 Å². The number of hydrogen-bond donors (Lipinski definition) is 1. The molecule has 2 unspecified atom stereocenters. The molecule has 2 atom stereocenters. The van der Waals surface area contributed by atoms with Crippen LogP contribution in [0.1, 0.15) is 25.8 Å². The second-order valence-electron chi connectivity index (χ2n) is 6.00. The molecule has 1 fully saturated rings. The molecule has 1 saturated heterocycles. The van der Waals surface area contributed by atoms with Gasteiger partial charge in [0, 0.05) is 19.1 Å². The predicted molar refractivity (Wildman–Crippen MR) is 79.1 cm³/mol. The highest BCUT2D eigenvalue weighted by Gasteiger charge is 2.33. The Morgan fingerprint density at radius 1 is 1.35 bits per heavy atom. The molecule has 0 aromatic heterocycles. The van der Waals surface area contributed by atoms with Gasteiger partial charge in [-0.1, -0.05) is 44.2 Å². The van der Waals surface area contributed by atoms with Gasteiger partial charge in [-0.2, -0.15) is 0 Å². The Kier molecular flexibility index (Phi) is 5.01. The van der Waals surface area contributed by atoms with Crippen molar-refractivity contribution in [1.82, 2.24) is 4.90 Å². The number of benzene rings is 1. The smallest absolute Gasteiger partial charge is 0.410 e. The molecule has 0 spiro atoms. The van der Waals surface area contributed by atoms with Gasteiger partial charge < -0.3 is 15.4 Å². The molecule has 0 aliphatic carbocycles. The van der Waals surface area contributed by atoms with Crippen LogP contribution in [0.5, 0.6) is 0 Å². The second kappa shape index (κ2) is 6.75. The first-order valence-corrected chi connectivity index (χ1v) is 7.27. The molecule has 0 saturated carbocycles. The van der Waals surface area contributed by atoms with Crippen molar-refractivity contribution in [1.29, 1.82) is 0 Å². The van der Waals surface area contributed by atoms with E-state index in [4.69, 9.17) is 10.5 Å². The number of carbonyl (C=O) groups excluding carboxylic acids is 1. The van der Waals surface area contributed by atoms with E-state index in [1.165, 1.54) is 0 Å². The highest BCUT2D eigenvalue weighted by molar-refractivity contribution is 5.68. The average Bonchev–Trinajstić information content (AvgIpc) is 2.78. The highest BCUT2D eigenvalue weighted by Crippen LogP contribution is 2.23. The Labute approximate surface area is 120 Å². The number of nitrogens with zero attached hydrogens (tertiary/aromatic N) is 1. The Morgan fingerprint density at radius 2 is 2.05 bits per heavy atom. The molecular formula is C16H24N2O2. The average molecular weight is 276 g/mol. The van der Waals surface area contributed by atoms with E-state index in [-0.39, 0.29) is 12.1 Å².